The largest absolute Gasteiger partial charge is 0.494 e. The maximum absolute atomic E-state index is 13.5. The summed E-state index contributed by atoms with van der Waals surface area (Å²) < 4.78 is 19.0. The average molecular weight is 527 g/mol. The summed E-state index contributed by atoms with van der Waals surface area (Å²) in [5.41, 5.74) is 1.13. The van der Waals surface area contributed by atoms with Gasteiger partial charge in [-0.3, -0.25) is 14.5 Å². The first-order chi connectivity index (χ1) is 17.9. The summed E-state index contributed by atoms with van der Waals surface area (Å²) >= 11 is 5.72. The molecule has 198 valence electrons. The summed E-state index contributed by atoms with van der Waals surface area (Å²) in [6.45, 7) is 8.41. The average Bonchev–Trinajstić information content (AvgIpc) is 3.11. The number of benzene rings is 2. The lowest BCUT2D eigenvalue weighted by Gasteiger charge is -2.31. The lowest BCUT2D eigenvalue weighted by molar-refractivity contribution is -0.124. The number of likely N-dealkylation sites (tertiary alicyclic amines) is 1. The van der Waals surface area contributed by atoms with Crippen molar-refractivity contribution >= 4 is 40.5 Å². The predicted octanol–water partition coefficient (Wildman–Crippen LogP) is 4.68. The highest BCUT2D eigenvalue weighted by molar-refractivity contribution is 7.80. The first-order valence-corrected chi connectivity index (χ1v) is 13.4. The summed E-state index contributed by atoms with van der Waals surface area (Å²) in [7, 11) is 0. The zero-order chi connectivity index (χ0) is 26.4. The minimum absolute atomic E-state index is 0.0366. The van der Waals surface area contributed by atoms with E-state index in [1.807, 2.05) is 11.8 Å². The molecule has 0 bridgehead atoms. The van der Waals surface area contributed by atoms with Crippen LogP contribution in [0.1, 0.15) is 39.5 Å². The van der Waals surface area contributed by atoms with Gasteiger partial charge in [-0.1, -0.05) is 6.92 Å². The van der Waals surface area contributed by atoms with Crippen LogP contribution in [0.25, 0.3) is 0 Å². The smallest absolute Gasteiger partial charge is 0.256 e. The van der Waals surface area contributed by atoms with Gasteiger partial charge in [0.1, 0.15) is 17.6 Å². The highest BCUT2D eigenvalue weighted by Crippen LogP contribution is 2.28. The third kappa shape index (κ3) is 6.84. The molecule has 1 N–H and O–H groups in total. The number of nitrogens with zero attached hydrogens (tertiary/aromatic N) is 3. The molecule has 37 heavy (non-hydrogen) atoms. The predicted molar refractivity (Wildman–Crippen MR) is 147 cm³/mol. The Morgan fingerprint density at radius 2 is 1.76 bits per heavy atom. The fourth-order valence-corrected chi connectivity index (χ4v) is 5.27. The van der Waals surface area contributed by atoms with Crippen molar-refractivity contribution in [1.29, 1.82) is 0 Å². The lowest BCUT2D eigenvalue weighted by atomic mass is 9.99. The molecule has 4 rings (SSSR count). The Kier molecular flexibility index (Phi) is 9.10. The maximum atomic E-state index is 13.5. The summed E-state index contributed by atoms with van der Waals surface area (Å²) in [5.74, 6) is 0.551. The normalized spacial score (nSPS) is 18.9. The Morgan fingerprint density at radius 1 is 1.08 bits per heavy atom. The summed E-state index contributed by atoms with van der Waals surface area (Å²) in [4.78, 5) is 32.2. The van der Waals surface area contributed by atoms with Gasteiger partial charge in [0.05, 0.1) is 18.7 Å². The van der Waals surface area contributed by atoms with Gasteiger partial charge in [-0.05, 0) is 112 Å². The summed E-state index contributed by atoms with van der Waals surface area (Å²) in [5, 5.41) is 3.22. The van der Waals surface area contributed by atoms with Crippen molar-refractivity contribution in [2.75, 3.05) is 43.0 Å². The van der Waals surface area contributed by atoms with E-state index in [2.05, 4.69) is 17.1 Å². The molecule has 2 fully saturated rings. The number of carbonyl (C=O) groups is 2. The van der Waals surface area contributed by atoms with Crippen molar-refractivity contribution in [3.05, 3.63) is 54.3 Å². The highest BCUT2D eigenvalue weighted by atomic mass is 32.1. The Balaban J connectivity index is 1.44. The van der Waals surface area contributed by atoms with Gasteiger partial charge >= 0.3 is 0 Å². The minimum Gasteiger partial charge on any atom is -0.494 e. The number of thiocarbonyl (C=S) groups is 1. The number of halogens is 1. The highest BCUT2D eigenvalue weighted by Gasteiger charge is 2.43. The lowest BCUT2D eigenvalue weighted by Crippen LogP contribution is -2.40. The third-order valence-electron chi connectivity index (χ3n) is 6.98. The first kappa shape index (κ1) is 27.0. The molecule has 2 heterocycles. The van der Waals surface area contributed by atoms with Gasteiger partial charge in [0.25, 0.3) is 5.91 Å². The van der Waals surface area contributed by atoms with Crippen molar-refractivity contribution in [2.24, 2.45) is 5.92 Å². The van der Waals surface area contributed by atoms with Crippen LogP contribution < -0.4 is 15.0 Å². The summed E-state index contributed by atoms with van der Waals surface area (Å²) in [6.07, 6.45) is 3.20. The molecule has 1 atom stereocenters. The number of nitrogens with one attached hydrogen (secondary N) is 1. The van der Waals surface area contributed by atoms with Crippen LogP contribution in [0.2, 0.25) is 0 Å². The van der Waals surface area contributed by atoms with Crippen LogP contribution >= 0.6 is 12.2 Å². The van der Waals surface area contributed by atoms with Crippen LogP contribution in [-0.2, 0) is 9.59 Å². The van der Waals surface area contributed by atoms with Crippen LogP contribution in [0.5, 0.6) is 5.75 Å². The van der Waals surface area contributed by atoms with Crippen molar-refractivity contribution in [3.63, 3.8) is 0 Å². The van der Waals surface area contributed by atoms with Crippen molar-refractivity contribution in [2.45, 2.75) is 45.6 Å². The van der Waals surface area contributed by atoms with Crippen LogP contribution in [0.3, 0.4) is 0 Å². The summed E-state index contributed by atoms with van der Waals surface area (Å²) in [6, 6.07) is 12.1. The van der Waals surface area contributed by atoms with Gasteiger partial charge in [-0.25, -0.2) is 4.39 Å². The Labute approximate surface area is 223 Å². The van der Waals surface area contributed by atoms with Gasteiger partial charge in [0.2, 0.25) is 5.91 Å². The Morgan fingerprint density at radius 3 is 2.41 bits per heavy atom. The van der Waals surface area contributed by atoms with Crippen LogP contribution in [0.15, 0.2) is 48.5 Å². The molecule has 9 heteroatoms. The van der Waals surface area contributed by atoms with E-state index in [1.54, 1.807) is 24.3 Å². The molecule has 2 amide bonds. The zero-order valence-electron chi connectivity index (χ0n) is 21.5. The maximum Gasteiger partial charge on any atom is 0.256 e. The SMILES string of the molecule is CCOc1ccc(NC(=O)C[C@H]2C(=O)N(c3ccc(F)cc3)C(=S)N2CCCN2CCC(C)CC2)cc1. The molecular formula is C28H35FN4O3S. The molecule has 0 spiro atoms. The van der Waals surface area contributed by atoms with Gasteiger partial charge in [-0.2, -0.15) is 0 Å². The number of ether oxygens (including phenoxy) is 1. The Hall–Kier alpha value is -3.04. The zero-order valence-corrected chi connectivity index (χ0v) is 22.3. The molecule has 2 saturated heterocycles. The fraction of sp³-hybridized carbons (Fsp3) is 0.464. The van der Waals surface area contributed by atoms with Crippen molar-refractivity contribution < 1.29 is 18.7 Å². The van der Waals surface area contributed by atoms with Gasteiger partial charge in [0, 0.05) is 12.2 Å². The number of amides is 2. The van der Waals surface area contributed by atoms with E-state index in [0.29, 0.717) is 29.6 Å². The van der Waals surface area contributed by atoms with E-state index >= 15 is 0 Å². The molecule has 0 unspecified atom stereocenters. The van der Waals surface area contributed by atoms with Gasteiger partial charge < -0.3 is 19.9 Å². The van der Waals surface area contributed by atoms with Gasteiger partial charge in [-0.15, -0.1) is 0 Å². The molecule has 0 aromatic heterocycles. The van der Waals surface area contributed by atoms with E-state index in [-0.39, 0.29) is 24.1 Å². The number of carbonyl (C=O) groups excluding carboxylic acids is 2. The fourth-order valence-electron chi connectivity index (χ4n) is 4.85. The molecule has 2 aromatic rings. The molecule has 0 aliphatic carbocycles. The number of anilines is 2. The quantitative estimate of drug-likeness (QED) is 0.454. The Bertz CT molecular complexity index is 1090. The number of hydrogen-bond donors (Lipinski definition) is 1. The van der Waals surface area contributed by atoms with E-state index in [4.69, 9.17) is 17.0 Å². The second kappa shape index (κ2) is 12.5. The first-order valence-electron chi connectivity index (χ1n) is 13.0. The standard InChI is InChI=1S/C28H35FN4O3S/c1-3-36-24-11-7-22(8-12-24)30-26(34)19-25-27(35)33(23-9-5-21(29)6-10-23)28(37)32(25)16-4-15-31-17-13-20(2)14-18-31/h5-12,20,25H,3-4,13-19H2,1-2H3,(H,30,34)/t25-/m0/s1. The molecule has 2 aliphatic rings. The number of hydrogen-bond acceptors (Lipinski definition) is 5. The van der Waals surface area contributed by atoms with Crippen LogP contribution in [0.4, 0.5) is 15.8 Å². The molecule has 2 aromatic carbocycles. The number of piperidine rings is 1. The third-order valence-corrected chi connectivity index (χ3v) is 7.40. The van der Waals surface area contributed by atoms with E-state index in [1.165, 1.54) is 42.0 Å². The van der Waals surface area contributed by atoms with Gasteiger partial charge in [0.15, 0.2) is 5.11 Å². The number of rotatable bonds is 10. The minimum atomic E-state index is -0.721. The van der Waals surface area contributed by atoms with Crippen molar-refractivity contribution in [1.82, 2.24) is 9.80 Å². The molecule has 2 aliphatic heterocycles. The second-order valence-electron chi connectivity index (χ2n) is 9.73. The molecule has 7 nitrogen and oxygen atoms in total. The van der Waals surface area contributed by atoms with Crippen molar-refractivity contribution in [3.8, 4) is 5.75 Å². The van der Waals surface area contributed by atoms with Crippen LogP contribution in [0, 0.1) is 11.7 Å². The topological polar surface area (TPSA) is 65.1 Å². The molecular weight excluding hydrogens is 491 g/mol. The van der Waals surface area contributed by atoms with Crippen LogP contribution in [-0.4, -0.2) is 65.6 Å². The molecule has 0 saturated carbocycles. The second-order valence-corrected chi connectivity index (χ2v) is 10.1. The monoisotopic (exact) mass is 526 g/mol. The van der Waals surface area contributed by atoms with E-state index in [9.17, 15) is 14.0 Å². The molecule has 0 radical (unpaired) electrons. The van der Waals surface area contributed by atoms with E-state index in [0.717, 1.165) is 37.7 Å². The van der Waals surface area contributed by atoms with E-state index < -0.39 is 6.04 Å².